The highest BCUT2D eigenvalue weighted by molar-refractivity contribution is 6.38. The smallest absolute Gasteiger partial charge is 0.138 e. The molecule has 250 valence electrons. The van der Waals surface area contributed by atoms with Crippen LogP contribution in [-0.2, 0) is 0 Å². The Morgan fingerprint density at radius 2 is 0.963 bits per heavy atom. The van der Waals surface area contributed by atoms with Crippen molar-refractivity contribution in [3.05, 3.63) is 182 Å². The van der Waals surface area contributed by atoms with Gasteiger partial charge in [0.25, 0.3) is 0 Å². The predicted octanol–water partition coefficient (Wildman–Crippen LogP) is 14.0. The Morgan fingerprint density at radius 1 is 0.352 bits per heavy atom. The van der Waals surface area contributed by atoms with Gasteiger partial charge in [-0.05, 0) is 103 Å². The number of rotatable bonds is 4. The second-order valence-electron chi connectivity index (χ2n) is 14.3. The first-order valence-electron chi connectivity index (χ1n) is 18.5. The van der Waals surface area contributed by atoms with E-state index in [1.165, 1.54) is 54.2 Å². The van der Waals surface area contributed by atoms with E-state index >= 15 is 0 Å². The van der Waals surface area contributed by atoms with E-state index in [0.717, 1.165) is 61.2 Å². The zero-order valence-electron chi connectivity index (χ0n) is 29.1. The molecule has 0 aliphatic carbocycles. The van der Waals surface area contributed by atoms with E-state index in [-0.39, 0.29) is 0 Å². The van der Waals surface area contributed by atoms with Crippen LogP contribution in [-0.4, -0.2) is 9.55 Å². The van der Waals surface area contributed by atoms with Crippen LogP contribution >= 0.6 is 0 Å². The van der Waals surface area contributed by atoms with Crippen LogP contribution in [0.15, 0.2) is 186 Å². The Bertz CT molecular complexity index is 3370. The molecule has 0 amide bonds. The van der Waals surface area contributed by atoms with Gasteiger partial charge in [-0.3, -0.25) is 4.57 Å². The minimum absolute atomic E-state index is 0.906. The number of hydrogen-bond acceptors (Lipinski definition) is 2. The molecule has 9 aromatic carbocycles. The van der Waals surface area contributed by atoms with Gasteiger partial charge in [0.15, 0.2) is 0 Å². The summed E-state index contributed by atoms with van der Waals surface area (Å²) in [5, 5.41) is 12.3. The Labute approximate surface area is 310 Å². The van der Waals surface area contributed by atoms with Crippen LogP contribution in [0.25, 0.3) is 115 Å². The first-order valence-corrected chi connectivity index (χ1v) is 18.5. The summed E-state index contributed by atoms with van der Waals surface area (Å²) in [6, 6.07) is 65.4. The number of nitrogens with zero attached hydrogens (tertiary/aromatic N) is 2. The standard InChI is InChI=1S/C51H30N2O/c1-3-11-31(12-4-1)36-28-43(33-13-5-2-6-14-33)52-48(30-36)53-44-18-9-16-39-40-26-23-32-21-22-34(27-42(32)49(40)41-17-10-19-45(53)51(41)50(39)44)35-24-25-38-37-15-7-8-20-46(37)54-47(38)29-35/h1-30H. The molecule has 0 saturated heterocycles. The predicted molar refractivity (Wildman–Crippen MR) is 226 cm³/mol. The molecule has 0 atom stereocenters. The summed E-state index contributed by atoms with van der Waals surface area (Å²) in [6.45, 7) is 0. The molecule has 0 aliphatic rings. The van der Waals surface area contributed by atoms with Gasteiger partial charge in [0.1, 0.15) is 17.0 Å². The van der Waals surface area contributed by atoms with Gasteiger partial charge in [-0.1, -0.05) is 133 Å². The monoisotopic (exact) mass is 686 g/mol. The lowest BCUT2D eigenvalue weighted by Gasteiger charge is -2.13. The van der Waals surface area contributed by atoms with E-state index < -0.39 is 0 Å². The van der Waals surface area contributed by atoms with Crippen LogP contribution in [0, 0.1) is 0 Å². The molecule has 0 aliphatic heterocycles. The highest BCUT2D eigenvalue weighted by Gasteiger charge is 2.22. The quantitative estimate of drug-likeness (QED) is 0.173. The fourth-order valence-corrected chi connectivity index (χ4v) is 8.89. The number of furan rings is 1. The van der Waals surface area contributed by atoms with Crippen molar-refractivity contribution < 1.29 is 4.42 Å². The zero-order chi connectivity index (χ0) is 35.3. The van der Waals surface area contributed by atoms with Crippen molar-refractivity contribution in [1.82, 2.24) is 9.55 Å². The molecular weight excluding hydrogens is 657 g/mol. The lowest BCUT2D eigenvalue weighted by molar-refractivity contribution is 0.669. The number of fused-ring (bicyclic) bond motifs is 8. The molecule has 12 rings (SSSR count). The van der Waals surface area contributed by atoms with Crippen LogP contribution in [0.2, 0.25) is 0 Å². The lowest BCUT2D eigenvalue weighted by atomic mass is 9.90. The Balaban J connectivity index is 1.13. The maximum Gasteiger partial charge on any atom is 0.138 e. The molecule has 0 radical (unpaired) electrons. The van der Waals surface area contributed by atoms with E-state index in [0.29, 0.717) is 0 Å². The average molecular weight is 687 g/mol. The van der Waals surface area contributed by atoms with Crippen molar-refractivity contribution in [2.75, 3.05) is 0 Å². The first-order chi connectivity index (χ1) is 26.8. The number of hydrogen-bond donors (Lipinski definition) is 0. The summed E-state index contributed by atoms with van der Waals surface area (Å²) in [7, 11) is 0. The Hall–Kier alpha value is -7.23. The molecule has 0 spiro atoms. The molecule has 3 heteroatoms. The van der Waals surface area contributed by atoms with Crippen LogP contribution in [0.4, 0.5) is 0 Å². The van der Waals surface area contributed by atoms with Gasteiger partial charge in [-0.25, -0.2) is 4.98 Å². The number of benzene rings is 9. The van der Waals surface area contributed by atoms with Gasteiger partial charge in [0, 0.05) is 27.1 Å². The maximum atomic E-state index is 6.30. The minimum atomic E-state index is 0.906. The molecule has 0 saturated carbocycles. The molecule has 0 bridgehead atoms. The minimum Gasteiger partial charge on any atom is -0.456 e. The molecule has 0 unspecified atom stereocenters. The molecule has 3 aromatic heterocycles. The highest BCUT2D eigenvalue weighted by atomic mass is 16.3. The van der Waals surface area contributed by atoms with Crippen molar-refractivity contribution >= 4 is 76.1 Å². The van der Waals surface area contributed by atoms with Crippen molar-refractivity contribution in [3.8, 4) is 39.3 Å². The highest BCUT2D eigenvalue weighted by Crippen LogP contribution is 2.46. The molecule has 0 fully saturated rings. The third-order valence-corrected chi connectivity index (χ3v) is 11.3. The van der Waals surface area contributed by atoms with Gasteiger partial charge < -0.3 is 4.42 Å². The molecule has 3 nitrogen and oxygen atoms in total. The molecule has 3 heterocycles. The summed E-state index contributed by atoms with van der Waals surface area (Å²) in [6.07, 6.45) is 0. The van der Waals surface area contributed by atoms with Crippen LogP contribution in [0.3, 0.4) is 0 Å². The summed E-state index contributed by atoms with van der Waals surface area (Å²) in [5.74, 6) is 0.906. The molecule has 12 aromatic rings. The van der Waals surface area contributed by atoms with Crippen molar-refractivity contribution in [2.45, 2.75) is 0 Å². The average Bonchev–Trinajstić information content (AvgIpc) is 3.79. The summed E-state index contributed by atoms with van der Waals surface area (Å²) < 4.78 is 8.67. The molecule has 0 N–H and O–H groups in total. The van der Waals surface area contributed by atoms with Crippen molar-refractivity contribution in [3.63, 3.8) is 0 Å². The second-order valence-corrected chi connectivity index (χ2v) is 14.3. The third-order valence-electron chi connectivity index (χ3n) is 11.3. The summed E-state index contributed by atoms with van der Waals surface area (Å²) in [4.78, 5) is 5.39. The Kier molecular flexibility index (Phi) is 6.05. The fourth-order valence-electron chi connectivity index (χ4n) is 8.89. The lowest BCUT2D eigenvalue weighted by Crippen LogP contribution is -2.00. The summed E-state index contributed by atoms with van der Waals surface area (Å²) >= 11 is 0. The van der Waals surface area contributed by atoms with Crippen LogP contribution in [0.1, 0.15) is 0 Å². The van der Waals surface area contributed by atoms with E-state index in [1.54, 1.807) is 0 Å². The number of pyridine rings is 1. The van der Waals surface area contributed by atoms with Gasteiger partial charge in [-0.2, -0.15) is 0 Å². The molecule has 54 heavy (non-hydrogen) atoms. The van der Waals surface area contributed by atoms with Crippen LogP contribution < -0.4 is 0 Å². The first kappa shape index (κ1) is 29.4. The maximum absolute atomic E-state index is 6.30. The summed E-state index contributed by atoms with van der Waals surface area (Å²) in [5.41, 5.74) is 10.8. The van der Waals surface area contributed by atoms with Gasteiger partial charge in [0.2, 0.25) is 0 Å². The van der Waals surface area contributed by atoms with Crippen LogP contribution in [0.5, 0.6) is 0 Å². The topological polar surface area (TPSA) is 31.0 Å². The Morgan fingerprint density at radius 3 is 1.80 bits per heavy atom. The van der Waals surface area contributed by atoms with E-state index in [9.17, 15) is 0 Å². The largest absolute Gasteiger partial charge is 0.456 e. The van der Waals surface area contributed by atoms with Crippen molar-refractivity contribution in [1.29, 1.82) is 0 Å². The van der Waals surface area contributed by atoms with Gasteiger partial charge in [0.05, 0.1) is 16.7 Å². The zero-order valence-corrected chi connectivity index (χ0v) is 29.1. The fraction of sp³-hybridized carbons (Fsp3) is 0. The molecular formula is C51H30N2O. The third kappa shape index (κ3) is 4.21. The van der Waals surface area contributed by atoms with Crippen molar-refractivity contribution in [2.24, 2.45) is 0 Å². The number of para-hydroxylation sites is 1. The van der Waals surface area contributed by atoms with E-state index in [2.05, 4.69) is 174 Å². The normalized spacial score (nSPS) is 12.1. The van der Waals surface area contributed by atoms with E-state index in [1.807, 2.05) is 12.1 Å². The van der Waals surface area contributed by atoms with E-state index in [4.69, 9.17) is 9.40 Å². The second kappa shape index (κ2) is 11.1. The SMILES string of the molecule is c1ccc(-c2cc(-c3ccccc3)nc(-n3c4cccc5c6ccc7ccc(-c8ccc9c(c8)oc8ccccc89)cc7c6c6cccc3c6c54)c2)cc1. The number of aromatic nitrogens is 2. The van der Waals surface area contributed by atoms with Gasteiger partial charge in [-0.15, -0.1) is 0 Å². The van der Waals surface area contributed by atoms with Gasteiger partial charge >= 0.3 is 0 Å².